The molecule has 2 fully saturated rings. The molecule has 1 aliphatic heterocycles. The highest BCUT2D eigenvalue weighted by atomic mass is 32.1. The van der Waals surface area contributed by atoms with E-state index in [-0.39, 0.29) is 46.9 Å². The maximum absolute atomic E-state index is 14.0. The molecule has 3 atom stereocenters. The number of amides is 3. The number of nitrogens with one attached hydrogen (secondary N) is 1. The van der Waals surface area contributed by atoms with E-state index in [4.69, 9.17) is 9.47 Å². The van der Waals surface area contributed by atoms with Crippen LogP contribution in [0.25, 0.3) is 0 Å². The minimum absolute atomic E-state index is 0.0474. The third-order valence-electron chi connectivity index (χ3n) is 8.66. The Labute approximate surface area is 238 Å². The first kappa shape index (κ1) is 29.5. The van der Waals surface area contributed by atoms with Gasteiger partial charge in [0, 0.05) is 12.3 Å². The molecule has 1 N–H and O–H groups in total. The van der Waals surface area contributed by atoms with E-state index < -0.39 is 40.6 Å². The van der Waals surface area contributed by atoms with Crippen LogP contribution >= 0.6 is 11.3 Å². The van der Waals surface area contributed by atoms with Crippen LogP contribution in [0, 0.1) is 23.7 Å². The summed E-state index contributed by atoms with van der Waals surface area (Å²) in [5.74, 6) is -3.07. The number of likely N-dealkylation sites (tertiary alicyclic amines) is 1. The van der Waals surface area contributed by atoms with E-state index in [1.165, 1.54) is 0 Å². The summed E-state index contributed by atoms with van der Waals surface area (Å²) in [7, 11) is 0. The smallest absolute Gasteiger partial charge is 0.348 e. The van der Waals surface area contributed by atoms with E-state index in [0.717, 1.165) is 21.8 Å². The van der Waals surface area contributed by atoms with Gasteiger partial charge < -0.3 is 14.8 Å². The first-order chi connectivity index (χ1) is 18.9. The van der Waals surface area contributed by atoms with Gasteiger partial charge in [0.05, 0.1) is 24.2 Å². The fourth-order valence-electron chi connectivity index (χ4n) is 5.92. The van der Waals surface area contributed by atoms with Crippen molar-refractivity contribution in [2.75, 3.05) is 18.5 Å². The number of piperidine rings is 1. The fraction of sp³-hybridized carbons (Fsp3) is 0.500. The van der Waals surface area contributed by atoms with E-state index in [0.29, 0.717) is 18.4 Å². The van der Waals surface area contributed by atoms with Crippen LogP contribution in [0.3, 0.4) is 0 Å². The van der Waals surface area contributed by atoms with E-state index >= 15 is 0 Å². The molecule has 1 aromatic heterocycles. The molecule has 2 aromatic rings. The van der Waals surface area contributed by atoms with Gasteiger partial charge in [-0.3, -0.25) is 19.3 Å². The molecule has 4 rings (SSSR count). The number of benzene rings is 1. The Balaban J connectivity index is 1.76. The monoisotopic (exact) mass is 568 g/mol. The zero-order valence-corrected chi connectivity index (χ0v) is 24.6. The largest absolute Gasteiger partial charge is 0.462 e. The molecule has 40 heavy (non-hydrogen) atoms. The minimum atomic E-state index is -1.16. The second-order valence-corrected chi connectivity index (χ2v) is 12.1. The Morgan fingerprint density at radius 2 is 1.68 bits per heavy atom. The molecule has 2 heterocycles. The van der Waals surface area contributed by atoms with Crippen LogP contribution in [0.4, 0.5) is 5.00 Å². The molecule has 1 aliphatic carbocycles. The standard InChI is InChI=1S/C30H36N2O7S/c1-7-38-26(35)21-17(3)22(27(36)39-8-2)40-24(21)31-23(33)20(16-18-12-10-9-11-13-18)32-25(34)19-14-15-30(6,28(32)37)29(19,4)5/h9-13,19-20H,7-8,14-16H2,1-6H3,(H,31,33). The van der Waals surface area contributed by atoms with Gasteiger partial charge in [0.15, 0.2) is 0 Å². The summed E-state index contributed by atoms with van der Waals surface area (Å²) >= 11 is 0.905. The number of fused-ring (bicyclic) bond motifs is 2. The number of thiophene rings is 1. The van der Waals surface area contributed by atoms with E-state index in [9.17, 15) is 24.0 Å². The van der Waals surface area contributed by atoms with Crippen molar-refractivity contribution in [1.29, 1.82) is 0 Å². The van der Waals surface area contributed by atoms with Crippen LogP contribution in [-0.2, 0) is 30.3 Å². The Morgan fingerprint density at radius 1 is 1.05 bits per heavy atom. The summed E-state index contributed by atoms with van der Waals surface area (Å²) in [4.78, 5) is 68.7. The number of hydrogen-bond acceptors (Lipinski definition) is 8. The van der Waals surface area contributed by atoms with E-state index in [1.54, 1.807) is 20.8 Å². The van der Waals surface area contributed by atoms with Crippen LogP contribution < -0.4 is 5.32 Å². The maximum atomic E-state index is 14.0. The van der Waals surface area contributed by atoms with Crippen LogP contribution in [0.15, 0.2) is 30.3 Å². The highest BCUT2D eigenvalue weighted by Crippen LogP contribution is 2.60. The quantitative estimate of drug-likeness (QED) is 0.342. The average molecular weight is 569 g/mol. The summed E-state index contributed by atoms with van der Waals surface area (Å²) in [6.45, 7) is 10.9. The Kier molecular flexibility index (Phi) is 8.21. The van der Waals surface area contributed by atoms with Gasteiger partial charge in [-0.2, -0.15) is 0 Å². The second-order valence-electron chi connectivity index (χ2n) is 11.1. The lowest BCUT2D eigenvalue weighted by Crippen LogP contribution is -2.64. The Bertz CT molecular complexity index is 1350. The molecule has 0 radical (unpaired) electrons. The number of hydrogen-bond donors (Lipinski definition) is 1. The third-order valence-corrected chi connectivity index (χ3v) is 9.85. The summed E-state index contributed by atoms with van der Waals surface area (Å²) in [5.41, 5.74) is -0.193. The minimum Gasteiger partial charge on any atom is -0.462 e. The van der Waals surface area contributed by atoms with Crippen molar-refractivity contribution < 1.29 is 33.4 Å². The van der Waals surface area contributed by atoms with Gasteiger partial charge in [0.1, 0.15) is 15.9 Å². The lowest BCUT2D eigenvalue weighted by Gasteiger charge is -2.49. The van der Waals surface area contributed by atoms with Crippen molar-refractivity contribution in [3.8, 4) is 0 Å². The number of carbonyl (C=O) groups is 5. The fourth-order valence-corrected chi connectivity index (χ4v) is 7.01. The van der Waals surface area contributed by atoms with Crippen molar-refractivity contribution in [2.45, 2.75) is 66.8 Å². The molecule has 9 nitrogen and oxygen atoms in total. The molecular formula is C30H36N2O7S. The van der Waals surface area contributed by atoms with Crippen molar-refractivity contribution in [3.05, 3.63) is 51.9 Å². The molecule has 2 aliphatic rings. The molecule has 214 valence electrons. The predicted octanol–water partition coefficient (Wildman–Crippen LogP) is 4.77. The van der Waals surface area contributed by atoms with E-state index in [2.05, 4.69) is 5.32 Å². The number of esters is 2. The third kappa shape index (κ3) is 4.82. The molecule has 3 amide bonds. The van der Waals surface area contributed by atoms with Crippen molar-refractivity contribution in [3.63, 3.8) is 0 Å². The number of carbonyl (C=O) groups excluding carboxylic acids is 5. The van der Waals surface area contributed by atoms with Crippen molar-refractivity contribution in [2.24, 2.45) is 16.7 Å². The number of imide groups is 1. The number of ether oxygens (including phenoxy) is 2. The highest BCUT2D eigenvalue weighted by molar-refractivity contribution is 7.18. The van der Waals surface area contributed by atoms with Crippen LogP contribution in [0.2, 0.25) is 0 Å². The highest BCUT2D eigenvalue weighted by Gasteiger charge is 2.65. The SMILES string of the molecule is CCOC(=O)c1sc(NC(=O)C(Cc2ccccc2)N2C(=O)C3CCC(C)(C2=O)C3(C)C)c(C(=O)OCC)c1C. The molecule has 10 heteroatoms. The first-order valence-corrected chi connectivity index (χ1v) is 14.4. The zero-order chi connectivity index (χ0) is 29.4. The predicted molar refractivity (Wildman–Crippen MR) is 150 cm³/mol. The summed E-state index contributed by atoms with van der Waals surface area (Å²) in [6, 6.07) is 7.99. The van der Waals surface area contributed by atoms with Gasteiger partial charge in [-0.15, -0.1) is 11.3 Å². The molecule has 1 saturated heterocycles. The average Bonchev–Trinajstić information content (AvgIpc) is 3.32. The molecule has 1 aromatic carbocycles. The Hall–Kier alpha value is -3.53. The number of nitrogens with zero attached hydrogens (tertiary/aromatic N) is 1. The molecule has 3 unspecified atom stereocenters. The van der Waals surface area contributed by atoms with Crippen LogP contribution in [-0.4, -0.2) is 53.8 Å². The van der Waals surface area contributed by atoms with E-state index in [1.807, 2.05) is 51.1 Å². The number of rotatable bonds is 9. The van der Waals surface area contributed by atoms with Gasteiger partial charge in [-0.05, 0) is 50.2 Å². The van der Waals surface area contributed by atoms with Crippen molar-refractivity contribution in [1.82, 2.24) is 4.90 Å². The Morgan fingerprint density at radius 3 is 2.30 bits per heavy atom. The van der Waals surface area contributed by atoms with Gasteiger partial charge >= 0.3 is 11.9 Å². The first-order valence-electron chi connectivity index (χ1n) is 13.6. The van der Waals surface area contributed by atoms with Gasteiger partial charge in [-0.1, -0.05) is 51.1 Å². The summed E-state index contributed by atoms with van der Waals surface area (Å²) in [6.07, 6.45) is 1.23. The summed E-state index contributed by atoms with van der Waals surface area (Å²) < 4.78 is 10.4. The maximum Gasteiger partial charge on any atom is 0.348 e. The normalized spacial score (nSPS) is 22.1. The van der Waals surface area contributed by atoms with Crippen LogP contribution in [0.1, 0.15) is 78.6 Å². The second kappa shape index (κ2) is 11.2. The topological polar surface area (TPSA) is 119 Å². The van der Waals surface area contributed by atoms with Gasteiger partial charge in [-0.25, -0.2) is 9.59 Å². The molecule has 1 saturated carbocycles. The van der Waals surface area contributed by atoms with Gasteiger partial charge in [0.25, 0.3) is 0 Å². The molecule has 2 bridgehead atoms. The molecular weight excluding hydrogens is 532 g/mol. The number of anilines is 1. The molecule has 0 spiro atoms. The van der Waals surface area contributed by atoms with Crippen molar-refractivity contribution >= 4 is 46.0 Å². The lowest BCUT2D eigenvalue weighted by molar-refractivity contribution is -0.172. The van der Waals surface area contributed by atoms with Gasteiger partial charge in [0.2, 0.25) is 17.7 Å². The van der Waals surface area contributed by atoms with Crippen LogP contribution in [0.5, 0.6) is 0 Å². The lowest BCUT2D eigenvalue weighted by atomic mass is 9.62. The zero-order valence-electron chi connectivity index (χ0n) is 23.8. The summed E-state index contributed by atoms with van der Waals surface area (Å²) in [5, 5.41) is 2.88.